The van der Waals surface area contributed by atoms with E-state index in [9.17, 15) is 9.59 Å². The summed E-state index contributed by atoms with van der Waals surface area (Å²) in [5.74, 6) is -0.639. The maximum atomic E-state index is 12.2. The summed E-state index contributed by atoms with van der Waals surface area (Å²) in [5, 5.41) is 6.01. The monoisotopic (exact) mass is 261 g/mol. The van der Waals surface area contributed by atoms with Gasteiger partial charge in [-0.1, -0.05) is 25.0 Å². The average Bonchev–Trinajstić information content (AvgIpc) is 2.68. The third-order valence-corrected chi connectivity index (χ3v) is 3.33. The van der Waals surface area contributed by atoms with Crippen molar-refractivity contribution in [3.05, 3.63) is 29.8 Å². The normalized spacial score (nSPS) is 19.5. The highest BCUT2D eigenvalue weighted by molar-refractivity contribution is 6.04. The van der Waals surface area contributed by atoms with Gasteiger partial charge in [-0.15, -0.1) is 0 Å². The Kier molecular flexibility index (Phi) is 4.52. The van der Waals surface area contributed by atoms with Crippen LogP contribution in [0.2, 0.25) is 0 Å². The number of carbonyl (C=O) groups excluding carboxylic acids is 2. The summed E-state index contributed by atoms with van der Waals surface area (Å²) in [5.41, 5.74) is 6.10. The van der Waals surface area contributed by atoms with Gasteiger partial charge >= 0.3 is 0 Å². The molecule has 4 N–H and O–H groups in total. The zero-order valence-corrected chi connectivity index (χ0v) is 10.8. The molecular formula is C14H19N3O2. The first-order valence-electron chi connectivity index (χ1n) is 6.61. The number of hydrogen-bond acceptors (Lipinski definition) is 3. The molecule has 2 amide bonds. The molecule has 5 heteroatoms. The molecule has 0 saturated carbocycles. The summed E-state index contributed by atoms with van der Waals surface area (Å²) in [4.78, 5) is 23.5. The maximum Gasteiger partial charge on any atom is 0.250 e. The van der Waals surface area contributed by atoms with Crippen molar-refractivity contribution in [2.75, 3.05) is 11.9 Å². The number of hydrogen-bond donors (Lipinski definition) is 3. The minimum atomic E-state index is -0.537. The van der Waals surface area contributed by atoms with Crippen molar-refractivity contribution in [2.24, 2.45) is 5.73 Å². The van der Waals surface area contributed by atoms with Gasteiger partial charge in [0, 0.05) is 0 Å². The van der Waals surface area contributed by atoms with Gasteiger partial charge in [-0.25, -0.2) is 0 Å². The van der Waals surface area contributed by atoms with Crippen molar-refractivity contribution in [1.29, 1.82) is 0 Å². The van der Waals surface area contributed by atoms with Gasteiger partial charge < -0.3 is 16.4 Å². The Bertz CT molecular complexity index is 466. The van der Waals surface area contributed by atoms with E-state index in [1.54, 1.807) is 24.3 Å². The molecule has 2 rings (SSSR count). The highest BCUT2D eigenvalue weighted by atomic mass is 16.2. The second-order valence-corrected chi connectivity index (χ2v) is 4.76. The van der Waals surface area contributed by atoms with E-state index in [2.05, 4.69) is 10.6 Å². The van der Waals surface area contributed by atoms with E-state index < -0.39 is 5.91 Å². The minimum absolute atomic E-state index is 0.101. The molecule has 0 aromatic heterocycles. The van der Waals surface area contributed by atoms with Crippen LogP contribution in [0.4, 0.5) is 5.69 Å². The largest absolute Gasteiger partial charge is 0.366 e. The predicted molar refractivity (Wildman–Crippen MR) is 73.8 cm³/mol. The topological polar surface area (TPSA) is 84.2 Å². The molecule has 19 heavy (non-hydrogen) atoms. The molecule has 1 heterocycles. The Morgan fingerprint density at radius 2 is 2.00 bits per heavy atom. The smallest absolute Gasteiger partial charge is 0.250 e. The van der Waals surface area contributed by atoms with E-state index in [0.717, 1.165) is 32.2 Å². The Morgan fingerprint density at radius 1 is 1.21 bits per heavy atom. The molecule has 1 aromatic rings. The van der Waals surface area contributed by atoms with Crippen LogP contribution in [0.1, 0.15) is 36.0 Å². The summed E-state index contributed by atoms with van der Waals surface area (Å²) in [6.07, 6.45) is 4.11. The number of amides is 2. The molecule has 102 valence electrons. The van der Waals surface area contributed by atoms with Crippen LogP contribution in [0.15, 0.2) is 24.3 Å². The Balaban J connectivity index is 2.07. The first-order chi connectivity index (χ1) is 9.18. The molecule has 1 fully saturated rings. The van der Waals surface area contributed by atoms with Gasteiger partial charge in [0.15, 0.2) is 0 Å². The second kappa shape index (κ2) is 6.33. The number of rotatable bonds is 3. The van der Waals surface area contributed by atoms with E-state index >= 15 is 0 Å². The van der Waals surface area contributed by atoms with Gasteiger partial charge in [0.2, 0.25) is 5.91 Å². The number of para-hydroxylation sites is 1. The fourth-order valence-electron chi connectivity index (χ4n) is 2.28. The van der Waals surface area contributed by atoms with Gasteiger partial charge in [-0.05, 0) is 31.5 Å². The zero-order valence-electron chi connectivity index (χ0n) is 10.8. The van der Waals surface area contributed by atoms with Gasteiger partial charge in [-0.2, -0.15) is 0 Å². The Hall–Kier alpha value is -1.88. The number of benzene rings is 1. The molecule has 1 saturated heterocycles. The fourth-order valence-corrected chi connectivity index (χ4v) is 2.28. The van der Waals surface area contributed by atoms with Crippen molar-refractivity contribution in [2.45, 2.75) is 31.7 Å². The SMILES string of the molecule is NC(=O)c1ccccc1NC(=O)C1CCCCCN1. The van der Waals surface area contributed by atoms with Gasteiger partial charge in [0.05, 0.1) is 17.3 Å². The van der Waals surface area contributed by atoms with Crippen LogP contribution in [0.5, 0.6) is 0 Å². The van der Waals surface area contributed by atoms with E-state index in [-0.39, 0.29) is 11.9 Å². The number of anilines is 1. The summed E-state index contributed by atoms with van der Waals surface area (Å²) in [6.45, 7) is 0.857. The second-order valence-electron chi connectivity index (χ2n) is 4.76. The summed E-state index contributed by atoms with van der Waals surface area (Å²) in [6, 6.07) is 6.60. The summed E-state index contributed by atoms with van der Waals surface area (Å²) in [7, 11) is 0. The van der Waals surface area contributed by atoms with Crippen molar-refractivity contribution in [3.8, 4) is 0 Å². The number of carbonyl (C=O) groups is 2. The van der Waals surface area contributed by atoms with Crippen LogP contribution in [0.3, 0.4) is 0 Å². The molecular weight excluding hydrogens is 242 g/mol. The van der Waals surface area contributed by atoms with Crippen LogP contribution >= 0.6 is 0 Å². The molecule has 1 aliphatic heterocycles. The summed E-state index contributed by atoms with van der Waals surface area (Å²) >= 11 is 0. The third-order valence-electron chi connectivity index (χ3n) is 3.33. The Morgan fingerprint density at radius 3 is 2.79 bits per heavy atom. The van der Waals surface area contributed by atoms with Gasteiger partial charge in [0.1, 0.15) is 0 Å². The lowest BCUT2D eigenvalue weighted by atomic mass is 10.1. The quantitative estimate of drug-likeness (QED) is 0.765. The van der Waals surface area contributed by atoms with E-state index in [1.165, 1.54) is 0 Å². The van der Waals surface area contributed by atoms with Crippen LogP contribution in [0.25, 0.3) is 0 Å². The molecule has 1 aliphatic rings. The highest BCUT2D eigenvalue weighted by Crippen LogP contribution is 2.16. The number of nitrogens with one attached hydrogen (secondary N) is 2. The van der Waals surface area contributed by atoms with Crippen LogP contribution < -0.4 is 16.4 Å². The minimum Gasteiger partial charge on any atom is -0.366 e. The molecule has 0 aliphatic carbocycles. The molecule has 1 unspecified atom stereocenters. The van der Waals surface area contributed by atoms with Crippen molar-refractivity contribution < 1.29 is 9.59 Å². The van der Waals surface area contributed by atoms with E-state index in [4.69, 9.17) is 5.73 Å². The predicted octanol–water partition coefficient (Wildman–Crippen LogP) is 1.26. The lowest BCUT2D eigenvalue weighted by molar-refractivity contribution is -0.118. The summed E-state index contributed by atoms with van der Waals surface area (Å²) < 4.78 is 0. The van der Waals surface area contributed by atoms with Crippen LogP contribution in [0, 0.1) is 0 Å². The lowest BCUT2D eigenvalue weighted by Crippen LogP contribution is -2.40. The van der Waals surface area contributed by atoms with Crippen molar-refractivity contribution in [1.82, 2.24) is 5.32 Å². The van der Waals surface area contributed by atoms with E-state index in [1.807, 2.05) is 0 Å². The highest BCUT2D eigenvalue weighted by Gasteiger charge is 2.20. The van der Waals surface area contributed by atoms with Crippen LogP contribution in [-0.2, 0) is 4.79 Å². The lowest BCUT2D eigenvalue weighted by Gasteiger charge is -2.16. The van der Waals surface area contributed by atoms with Crippen LogP contribution in [-0.4, -0.2) is 24.4 Å². The van der Waals surface area contributed by atoms with Crippen molar-refractivity contribution >= 4 is 17.5 Å². The first kappa shape index (κ1) is 13.5. The van der Waals surface area contributed by atoms with E-state index in [0.29, 0.717) is 11.3 Å². The standard InChI is InChI=1S/C14H19N3O2/c15-13(18)10-6-3-4-7-11(10)17-14(19)12-8-2-1-5-9-16-12/h3-4,6-7,12,16H,1-2,5,8-9H2,(H2,15,18)(H,17,19). The molecule has 1 atom stereocenters. The number of nitrogens with two attached hydrogens (primary N) is 1. The third kappa shape index (κ3) is 3.54. The van der Waals surface area contributed by atoms with Gasteiger partial charge in [0.25, 0.3) is 5.91 Å². The zero-order chi connectivity index (χ0) is 13.7. The van der Waals surface area contributed by atoms with Crippen molar-refractivity contribution in [3.63, 3.8) is 0 Å². The molecule has 5 nitrogen and oxygen atoms in total. The molecule has 0 bridgehead atoms. The maximum absolute atomic E-state index is 12.2. The van der Waals surface area contributed by atoms with Gasteiger partial charge in [-0.3, -0.25) is 9.59 Å². The average molecular weight is 261 g/mol. The molecule has 0 spiro atoms. The molecule has 1 aromatic carbocycles. The molecule has 0 radical (unpaired) electrons. The fraction of sp³-hybridized carbons (Fsp3) is 0.429. The number of primary amides is 1. The first-order valence-corrected chi connectivity index (χ1v) is 6.61. The Labute approximate surface area is 112 Å².